The number of likely N-dealkylation sites (tertiary alicyclic amines) is 1. The number of nitrogens with one attached hydrogen (secondary N) is 1. The third-order valence-corrected chi connectivity index (χ3v) is 4.98. The number of hydrogen-bond donors (Lipinski definition) is 1. The van der Waals surface area contributed by atoms with Crippen LogP contribution in [0.1, 0.15) is 28.9 Å². The second kappa shape index (κ2) is 6.02. The number of hydrogen-bond acceptors (Lipinski definition) is 5. The number of aryl methyl sites for hydroxylation is 2. The number of pyridine rings is 1. The third-order valence-electron chi connectivity index (χ3n) is 4.98. The fourth-order valence-electron chi connectivity index (χ4n) is 3.19. The van der Waals surface area contributed by atoms with E-state index in [4.69, 9.17) is 0 Å². The molecule has 1 saturated heterocycles. The Balaban J connectivity index is 1.77. The van der Waals surface area contributed by atoms with Crippen molar-refractivity contribution in [3.8, 4) is 0 Å². The highest BCUT2D eigenvalue weighted by Crippen LogP contribution is 2.30. The summed E-state index contributed by atoms with van der Waals surface area (Å²) in [4.78, 5) is 45.1. The van der Waals surface area contributed by atoms with Crippen molar-refractivity contribution in [2.24, 2.45) is 12.0 Å². The van der Waals surface area contributed by atoms with Gasteiger partial charge in [-0.3, -0.25) is 19.7 Å². The highest BCUT2D eigenvalue weighted by Gasteiger charge is 2.47. The van der Waals surface area contributed by atoms with Crippen molar-refractivity contribution in [1.82, 2.24) is 19.7 Å². The molecule has 0 bridgehead atoms. The summed E-state index contributed by atoms with van der Waals surface area (Å²) in [6, 6.07) is 1.47. The van der Waals surface area contributed by atoms with Crippen molar-refractivity contribution in [2.45, 2.75) is 25.3 Å². The molecule has 3 rings (SSSR count). The molecule has 1 N–H and O–H groups in total. The van der Waals surface area contributed by atoms with Gasteiger partial charge in [-0.15, -0.1) is 0 Å². The van der Waals surface area contributed by atoms with Gasteiger partial charge in [-0.2, -0.15) is 0 Å². The molecule has 1 aromatic heterocycles. The van der Waals surface area contributed by atoms with Crippen LogP contribution in [0.4, 0.5) is 0 Å². The van der Waals surface area contributed by atoms with E-state index in [0.717, 1.165) is 5.69 Å². The van der Waals surface area contributed by atoms with E-state index in [1.54, 1.807) is 27.6 Å². The summed E-state index contributed by atoms with van der Waals surface area (Å²) in [6.45, 7) is 2.61. The van der Waals surface area contributed by atoms with Crippen molar-refractivity contribution in [2.75, 3.05) is 27.2 Å². The first-order chi connectivity index (χ1) is 11.7. The number of aliphatic imine (C=N–C) groups is 1. The van der Waals surface area contributed by atoms with Gasteiger partial charge in [0.15, 0.2) is 5.43 Å². The molecule has 0 saturated carbocycles. The van der Waals surface area contributed by atoms with Gasteiger partial charge in [0.05, 0.1) is 0 Å². The van der Waals surface area contributed by atoms with Gasteiger partial charge >= 0.3 is 0 Å². The van der Waals surface area contributed by atoms with Crippen LogP contribution >= 0.6 is 0 Å². The summed E-state index contributed by atoms with van der Waals surface area (Å²) in [5.41, 5.74) is -0.105. The molecule has 2 amide bonds. The van der Waals surface area contributed by atoms with Crippen LogP contribution in [-0.2, 0) is 11.8 Å². The van der Waals surface area contributed by atoms with Gasteiger partial charge in [0.2, 0.25) is 5.96 Å². The van der Waals surface area contributed by atoms with Crippen LogP contribution in [0.5, 0.6) is 0 Å². The molecule has 0 radical (unpaired) electrons. The monoisotopic (exact) mass is 345 g/mol. The quantitative estimate of drug-likeness (QED) is 0.758. The average molecular weight is 345 g/mol. The first-order valence-corrected chi connectivity index (χ1v) is 8.29. The number of aromatic nitrogens is 1. The molecule has 0 unspecified atom stereocenters. The summed E-state index contributed by atoms with van der Waals surface area (Å²) in [6.07, 6.45) is 2.48. The first kappa shape index (κ1) is 17.2. The predicted molar refractivity (Wildman–Crippen MR) is 93.6 cm³/mol. The van der Waals surface area contributed by atoms with Gasteiger partial charge in [-0.05, 0) is 19.8 Å². The molecule has 0 aliphatic carbocycles. The van der Waals surface area contributed by atoms with Crippen LogP contribution in [0.3, 0.4) is 0 Å². The third kappa shape index (κ3) is 2.92. The lowest BCUT2D eigenvalue weighted by atomic mass is 9.88. The van der Waals surface area contributed by atoms with E-state index >= 15 is 0 Å². The Morgan fingerprint density at radius 3 is 2.48 bits per heavy atom. The molecule has 2 aliphatic rings. The first-order valence-electron chi connectivity index (χ1n) is 8.29. The Labute approximate surface area is 146 Å². The van der Waals surface area contributed by atoms with Crippen molar-refractivity contribution in [1.29, 1.82) is 0 Å². The second-order valence-electron chi connectivity index (χ2n) is 6.91. The number of amides is 2. The average Bonchev–Trinajstić information content (AvgIpc) is 2.88. The van der Waals surface area contributed by atoms with Crippen LogP contribution in [0.2, 0.25) is 0 Å². The maximum Gasteiger partial charge on any atom is 0.259 e. The molecule has 134 valence electrons. The molecule has 3 heterocycles. The van der Waals surface area contributed by atoms with Crippen molar-refractivity contribution in [3.63, 3.8) is 0 Å². The minimum atomic E-state index is -0.797. The molecule has 8 heteroatoms. The molecular weight excluding hydrogens is 322 g/mol. The van der Waals surface area contributed by atoms with Crippen molar-refractivity contribution >= 4 is 17.8 Å². The summed E-state index contributed by atoms with van der Waals surface area (Å²) in [5.74, 6) is 0.150. The van der Waals surface area contributed by atoms with Crippen molar-refractivity contribution < 1.29 is 9.59 Å². The van der Waals surface area contributed by atoms with Gasteiger partial charge in [0.1, 0.15) is 11.1 Å². The lowest BCUT2D eigenvalue weighted by Crippen LogP contribution is -2.51. The zero-order chi connectivity index (χ0) is 18.4. The minimum Gasteiger partial charge on any atom is -0.354 e. The minimum absolute atomic E-state index is 0.116. The molecule has 0 atom stereocenters. The number of guanidine groups is 1. The SMILES string of the molecule is Cc1cc(=O)c(C(=O)N2CCC3(CC2)N=C(N(C)C)NC3=O)cn1C. The van der Waals surface area contributed by atoms with Gasteiger partial charge in [0, 0.05) is 52.2 Å². The Morgan fingerprint density at radius 1 is 1.28 bits per heavy atom. The fraction of sp³-hybridized carbons (Fsp3) is 0.529. The number of carbonyl (C=O) groups is 2. The molecule has 2 aliphatic heterocycles. The van der Waals surface area contributed by atoms with E-state index in [2.05, 4.69) is 10.3 Å². The van der Waals surface area contributed by atoms with Crippen LogP contribution in [0.25, 0.3) is 0 Å². The Bertz CT molecular complexity index is 816. The highest BCUT2D eigenvalue weighted by molar-refractivity contribution is 6.07. The summed E-state index contributed by atoms with van der Waals surface area (Å²) >= 11 is 0. The molecule has 1 aromatic rings. The van der Waals surface area contributed by atoms with Crippen molar-refractivity contribution in [3.05, 3.63) is 33.7 Å². The molecule has 1 spiro atoms. The fourth-order valence-corrected chi connectivity index (χ4v) is 3.19. The zero-order valence-electron chi connectivity index (χ0n) is 15.0. The highest BCUT2D eigenvalue weighted by atomic mass is 16.2. The van der Waals surface area contributed by atoms with Gasteiger partial charge in [0.25, 0.3) is 11.8 Å². The van der Waals surface area contributed by atoms with E-state index in [1.165, 1.54) is 6.07 Å². The molecule has 8 nitrogen and oxygen atoms in total. The molecule has 1 fully saturated rings. The van der Waals surface area contributed by atoms with Gasteiger partial charge < -0.3 is 14.4 Å². The Hall–Kier alpha value is -2.64. The summed E-state index contributed by atoms with van der Waals surface area (Å²) in [5, 5.41) is 2.79. The zero-order valence-corrected chi connectivity index (χ0v) is 15.0. The topological polar surface area (TPSA) is 87.0 Å². The van der Waals surface area contributed by atoms with Crippen LogP contribution in [0, 0.1) is 6.92 Å². The smallest absolute Gasteiger partial charge is 0.259 e. The van der Waals surface area contributed by atoms with E-state index in [9.17, 15) is 14.4 Å². The standard InChI is InChI=1S/C17H23N5O3/c1-11-9-13(23)12(10-21(11)4)14(24)22-7-5-17(6-8-22)15(25)18-16(19-17)20(2)3/h9-10H,5-8H2,1-4H3,(H,18,19,25). The van der Waals surface area contributed by atoms with E-state index in [-0.39, 0.29) is 22.8 Å². The van der Waals surface area contributed by atoms with E-state index < -0.39 is 5.54 Å². The largest absolute Gasteiger partial charge is 0.354 e. The number of carbonyl (C=O) groups excluding carboxylic acids is 2. The normalized spacial score (nSPS) is 19.0. The maximum absolute atomic E-state index is 12.7. The van der Waals surface area contributed by atoms with Crippen LogP contribution in [0.15, 0.2) is 22.1 Å². The second-order valence-corrected chi connectivity index (χ2v) is 6.91. The lowest BCUT2D eigenvalue weighted by Gasteiger charge is -2.35. The van der Waals surface area contributed by atoms with Crippen LogP contribution < -0.4 is 10.7 Å². The molecule has 25 heavy (non-hydrogen) atoms. The lowest BCUT2D eigenvalue weighted by molar-refractivity contribution is -0.125. The van der Waals surface area contributed by atoms with Gasteiger partial charge in [-0.1, -0.05) is 0 Å². The predicted octanol–water partition coefficient (Wildman–Crippen LogP) is -0.284. The number of piperidine rings is 1. The number of nitrogens with zero attached hydrogens (tertiary/aromatic N) is 4. The molecule has 0 aromatic carbocycles. The number of rotatable bonds is 1. The van der Waals surface area contributed by atoms with E-state index in [1.807, 2.05) is 21.0 Å². The van der Waals surface area contributed by atoms with Crippen LogP contribution in [-0.4, -0.2) is 64.9 Å². The maximum atomic E-state index is 12.7. The Kier molecular flexibility index (Phi) is 4.14. The summed E-state index contributed by atoms with van der Waals surface area (Å²) in [7, 11) is 5.45. The van der Waals surface area contributed by atoms with E-state index in [0.29, 0.717) is 31.9 Å². The van der Waals surface area contributed by atoms with Gasteiger partial charge in [-0.25, -0.2) is 4.99 Å². The Morgan fingerprint density at radius 2 is 1.92 bits per heavy atom. The summed E-state index contributed by atoms with van der Waals surface area (Å²) < 4.78 is 1.76. The molecular formula is C17H23N5O3.